The van der Waals surface area contributed by atoms with Gasteiger partial charge in [0, 0.05) is 6.07 Å². The van der Waals surface area contributed by atoms with Crippen LogP contribution in [0.3, 0.4) is 0 Å². The highest BCUT2D eigenvalue weighted by atomic mass is 16.6. The minimum absolute atomic E-state index is 0.139. The molecular formula is C20H28N2O5. The lowest BCUT2D eigenvalue weighted by Gasteiger charge is -2.27. The average Bonchev–Trinajstić information content (AvgIpc) is 2.66. The van der Waals surface area contributed by atoms with E-state index in [0.29, 0.717) is 11.5 Å². The fourth-order valence-electron chi connectivity index (χ4n) is 3.58. The van der Waals surface area contributed by atoms with Gasteiger partial charge in [-0.1, -0.05) is 38.3 Å². The van der Waals surface area contributed by atoms with Crippen LogP contribution in [0, 0.1) is 28.9 Å². The summed E-state index contributed by atoms with van der Waals surface area (Å²) < 4.78 is 5.15. The lowest BCUT2D eigenvalue weighted by molar-refractivity contribution is -0.384. The molecule has 7 nitrogen and oxygen atoms in total. The zero-order valence-electron chi connectivity index (χ0n) is 16.0. The number of nitrogens with one attached hydrogen (secondary N) is 1. The van der Waals surface area contributed by atoms with Crippen molar-refractivity contribution >= 4 is 23.3 Å². The molecular weight excluding hydrogens is 348 g/mol. The summed E-state index contributed by atoms with van der Waals surface area (Å²) in [5.74, 6) is -0.377. The van der Waals surface area contributed by atoms with Gasteiger partial charge in [-0.2, -0.15) is 0 Å². The first-order valence-corrected chi connectivity index (χ1v) is 9.62. The number of anilines is 1. The van der Waals surface area contributed by atoms with E-state index >= 15 is 0 Å². The Morgan fingerprint density at radius 1 is 1.26 bits per heavy atom. The van der Waals surface area contributed by atoms with E-state index in [2.05, 4.69) is 12.2 Å². The van der Waals surface area contributed by atoms with E-state index in [0.717, 1.165) is 25.7 Å². The van der Waals surface area contributed by atoms with E-state index in [4.69, 9.17) is 4.74 Å². The second kappa shape index (κ2) is 10.0. The van der Waals surface area contributed by atoms with Crippen molar-refractivity contribution in [3.05, 3.63) is 33.9 Å². The van der Waals surface area contributed by atoms with Gasteiger partial charge in [-0.05, 0) is 44.1 Å². The highest BCUT2D eigenvalue weighted by Crippen LogP contribution is 2.32. The topological polar surface area (TPSA) is 98.5 Å². The smallest absolute Gasteiger partial charge is 0.309 e. The van der Waals surface area contributed by atoms with Crippen molar-refractivity contribution < 1.29 is 19.2 Å². The molecule has 148 valence electrons. The molecule has 0 aliphatic heterocycles. The molecule has 27 heavy (non-hydrogen) atoms. The maximum atomic E-state index is 12.2. The number of nitrogens with zero attached hydrogens (tertiary/aromatic N) is 1. The molecule has 0 heterocycles. The number of hydrogen-bond donors (Lipinski definition) is 1. The van der Waals surface area contributed by atoms with E-state index in [1.54, 1.807) is 19.1 Å². The second-order valence-corrected chi connectivity index (χ2v) is 7.24. The van der Waals surface area contributed by atoms with Crippen molar-refractivity contribution in [3.8, 4) is 0 Å². The van der Waals surface area contributed by atoms with Gasteiger partial charge in [0.25, 0.3) is 11.6 Å². The SMILES string of the molecule is CCCCC1CCC(C(=O)OCC(=O)Nc2c(C)cccc2[N+](=O)[O-])CC1. The number of carbonyl (C=O) groups is 2. The Labute approximate surface area is 159 Å². The van der Waals surface area contributed by atoms with Gasteiger partial charge in [-0.25, -0.2) is 0 Å². The van der Waals surface area contributed by atoms with Crippen LogP contribution < -0.4 is 5.32 Å². The lowest BCUT2D eigenvalue weighted by Crippen LogP contribution is -2.27. The number of unbranched alkanes of at least 4 members (excludes halogenated alkanes) is 1. The third-order valence-electron chi connectivity index (χ3n) is 5.20. The Bertz CT molecular complexity index is 681. The maximum Gasteiger partial charge on any atom is 0.309 e. The van der Waals surface area contributed by atoms with Crippen molar-refractivity contribution in [2.45, 2.75) is 58.8 Å². The Morgan fingerprint density at radius 2 is 1.96 bits per heavy atom. The van der Waals surface area contributed by atoms with Crippen LogP contribution in [0.5, 0.6) is 0 Å². The van der Waals surface area contributed by atoms with Gasteiger partial charge in [0.05, 0.1) is 10.8 Å². The predicted octanol–water partition coefficient (Wildman–Crippen LogP) is 4.38. The first-order chi connectivity index (χ1) is 12.9. The van der Waals surface area contributed by atoms with Crippen LogP contribution in [-0.2, 0) is 14.3 Å². The van der Waals surface area contributed by atoms with Crippen LogP contribution in [0.2, 0.25) is 0 Å². The Morgan fingerprint density at radius 3 is 2.59 bits per heavy atom. The molecule has 1 amide bonds. The van der Waals surface area contributed by atoms with Gasteiger partial charge in [0.1, 0.15) is 5.69 Å². The average molecular weight is 376 g/mol. The molecule has 0 radical (unpaired) electrons. The summed E-state index contributed by atoms with van der Waals surface area (Å²) in [6.45, 7) is 3.42. The predicted molar refractivity (Wildman–Crippen MR) is 102 cm³/mol. The molecule has 7 heteroatoms. The Balaban J connectivity index is 1.81. The van der Waals surface area contributed by atoms with E-state index in [9.17, 15) is 19.7 Å². The van der Waals surface area contributed by atoms with Gasteiger partial charge < -0.3 is 10.1 Å². The summed E-state index contributed by atoms with van der Waals surface area (Å²) in [4.78, 5) is 34.8. The zero-order valence-corrected chi connectivity index (χ0v) is 16.0. The molecule has 0 saturated heterocycles. The molecule has 1 aliphatic rings. The van der Waals surface area contributed by atoms with Gasteiger partial charge in [0.15, 0.2) is 6.61 Å². The van der Waals surface area contributed by atoms with Gasteiger partial charge in [0.2, 0.25) is 0 Å². The van der Waals surface area contributed by atoms with Gasteiger partial charge >= 0.3 is 5.97 Å². The summed E-state index contributed by atoms with van der Waals surface area (Å²) in [5.41, 5.74) is 0.536. The Hall–Kier alpha value is -2.44. The highest BCUT2D eigenvalue weighted by Gasteiger charge is 2.27. The van der Waals surface area contributed by atoms with E-state index in [-0.39, 0.29) is 23.3 Å². The third-order valence-corrected chi connectivity index (χ3v) is 5.20. The van der Waals surface area contributed by atoms with Crippen LogP contribution in [0.1, 0.15) is 57.4 Å². The van der Waals surface area contributed by atoms with Crippen molar-refractivity contribution in [2.75, 3.05) is 11.9 Å². The molecule has 1 aliphatic carbocycles. The van der Waals surface area contributed by atoms with Crippen molar-refractivity contribution in [1.82, 2.24) is 0 Å². The van der Waals surface area contributed by atoms with E-state index in [1.165, 1.54) is 25.3 Å². The quantitative estimate of drug-likeness (QED) is 0.412. The van der Waals surface area contributed by atoms with Crippen LogP contribution in [0.15, 0.2) is 18.2 Å². The highest BCUT2D eigenvalue weighted by molar-refractivity contribution is 5.95. The number of esters is 1. The number of hydrogen-bond acceptors (Lipinski definition) is 5. The second-order valence-electron chi connectivity index (χ2n) is 7.24. The summed E-state index contributed by atoms with van der Waals surface area (Å²) in [6.07, 6.45) is 7.30. The molecule has 1 aromatic rings. The molecule has 0 unspecified atom stereocenters. The zero-order chi connectivity index (χ0) is 19.8. The number of aryl methyl sites for hydroxylation is 1. The summed E-state index contributed by atoms with van der Waals surface area (Å²) in [6, 6.07) is 4.55. The van der Waals surface area contributed by atoms with E-state index in [1.807, 2.05) is 0 Å². The van der Waals surface area contributed by atoms with Crippen molar-refractivity contribution in [2.24, 2.45) is 11.8 Å². The Kier molecular flexibility index (Phi) is 7.76. The molecule has 1 N–H and O–H groups in total. The van der Waals surface area contributed by atoms with Crippen molar-refractivity contribution in [3.63, 3.8) is 0 Å². The van der Waals surface area contributed by atoms with Crippen molar-refractivity contribution in [1.29, 1.82) is 0 Å². The number of rotatable bonds is 8. The number of ether oxygens (including phenoxy) is 1. The molecule has 0 atom stereocenters. The van der Waals surface area contributed by atoms with Gasteiger partial charge in [-0.15, -0.1) is 0 Å². The first-order valence-electron chi connectivity index (χ1n) is 9.62. The monoisotopic (exact) mass is 376 g/mol. The van der Waals surface area contributed by atoms with E-state index < -0.39 is 17.4 Å². The number of amides is 1. The molecule has 2 rings (SSSR count). The maximum absolute atomic E-state index is 12.2. The molecule has 1 fully saturated rings. The number of benzene rings is 1. The molecule has 0 spiro atoms. The summed E-state index contributed by atoms with van der Waals surface area (Å²) in [5, 5.41) is 13.6. The minimum Gasteiger partial charge on any atom is -0.455 e. The molecule has 0 bridgehead atoms. The minimum atomic E-state index is -0.572. The largest absolute Gasteiger partial charge is 0.455 e. The summed E-state index contributed by atoms with van der Waals surface area (Å²) >= 11 is 0. The summed E-state index contributed by atoms with van der Waals surface area (Å²) in [7, 11) is 0. The number of carbonyl (C=O) groups excluding carboxylic acids is 2. The number of para-hydroxylation sites is 1. The van der Waals surface area contributed by atoms with Gasteiger partial charge in [-0.3, -0.25) is 19.7 Å². The number of nitro groups is 1. The van der Waals surface area contributed by atoms with Crippen LogP contribution in [0.4, 0.5) is 11.4 Å². The molecule has 0 aromatic heterocycles. The normalized spacial score (nSPS) is 19.3. The first kappa shape index (κ1) is 20.9. The fraction of sp³-hybridized carbons (Fsp3) is 0.600. The van der Waals surface area contributed by atoms with Crippen LogP contribution >= 0.6 is 0 Å². The molecule has 1 saturated carbocycles. The number of nitro benzene ring substituents is 1. The molecule has 1 aromatic carbocycles. The van der Waals surface area contributed by atoms with Crippen LogP contribution in [0.25, 0.3) is 0 Å². The lowest BCUT2D eigenvalue weighted by atomic mass is 9.80. The fourth-order valence-corrected chi connectivity index (χ4v) is 3.58. The third kappa shape index (κ3) is 6.05. The standard InChI is InChI=1S/C20H28N2O5/c1-3-4-7-15-9-11-16(12-10-15)20(24)27-13-18(23)21-19-14(2)6-5-8-17(19)22(25)26/h5-6,8,15-16H,3-4,7,9-13H2,1-2H3,(H,21,23). The van der Waals surface area contributed by atoms with Crippen LogP contribution in [-0.4, -0.2) is 23.4 Å².